The molecule has 7 heteroatoms. The molecule has 0 saturated carbocycles. The molecule has 0 aromatic heterocycles. The van der Waals surface area contributed by atoms with Gasteiger partial charge in [0.2, 0.25) is 5.90 Å². The van der Waals surface area contributed by atoms with Crippen LogP contribution in [-0.4, -0.2) is 29.6 Å². The average Bonchev–Trinajstić information content (AvgIpc) is 2.37. The highest BCUT2D eigenvalue weighted by atomic mass is 16.6. The third kappa shape index (κ3) is 2.95. The number of methoxy groups -OCH3 is 1. The maximum atomic E-state index is 10.7. The average molecular weight is 254 g/mol. The first-order chi connectivity index (χ1) is 8.51. The van der Waals surface area contributed by atoms with Crippen molar-refractivity contribution in [2.75, 3.05) is 13.7 Å². The van der Waals surface area contributed by atoms with Gasteiger partial charge in [0, 0.05) is 17.7 Å². The molecule has 0 heterocycles. The Morgan fingerprint density at radius 3 is 2.78 bits per heavy atom. The fourth-order valence-electron chi connectivity index (χ4n) is 1.42. The van der Waals surface area contributed by atoms with E-state index in [2.05, 4.69) is 0 Å². The molecule has 1 atom stereocenters. The van der Waals surface area contributed by atoms with E-state index in [0.717, 1.165) is 6.07 Å². The fraction of sp³-hybridized carbons (Fsp3) is 0.364. The van der Waals surface area contributed by atoms with E-state index in [-0.39, 0.29) is 29.5 Å². The minimum Gasteiger partial charge on any atom is -0.496 e. The third-order valence-corrected chi connectivity index (χ3v) is 2.27. The number of nitrogens with zero attached hydrogens (tertiary/aromatic N) is 1. The Hall–Kier alpha value is -2.15. The van der Waals surface area contributed by atoms with Crippen LogP contribution in [0.25, 0.3) is 0 Å². The zero-order valence-electron chi connectivity index (χ0n) is 10.0. The van der Waals surface area contributed by atoms with Crippen LogP contribution in [0.15, 0.2) is 18.2 Å². The second-order valence-electron chi connectivity index (χ2n) is 3.38. The highest BCUT2D eigenvalue weighted by molar-refractivity contribution is 5.80. The zero-order chi connectivity index (χ0) is 13.7. The van der Waals surface area contributed by atoms with Crippen LogP contribution in [0.3, 0.4) is 0 Å². The summed E-state index contributed by atoms with van der Waals surface area (Å²) in [5.74, 6) is -0.117. The van der Waals surface area contributed by atoms with E-state index >= 15 is 0 Å². The summed E-state index contributed by atoms with van der Waals surface area (Å²) in [6.45, 7) is 1.90. The maximum Gasteiger partial charge on any atom is 0.270 e. The molecule has 0 amide bonds. The van der Waals surface area contributed by atoms with Crippen molar-refractivity contribution in [3.05, 3.63) is 33.9 Å². The number of hydrogen-bond donors (Lipinski definition) is 2. The lowest BCUT2D eigenvalue weighted by atomic mass is 10.1. The summed E-state index contributed by atoms with van der Waals surface area (Å²) in [5, 5.41) is 28.0. The maximum absolute atomic E-state index is 10.7. The number of nitro benzene ring substituents is 1. The number of nitrogens with one attached hydrogen (secondary N) is 1. The first kappa shape index (κ1) is 13.9. The lowest BCUT2D eigenvalue weighted by Gasteiger charge is -2.15. The van der Waals surface area contributed by atoms with Gasteiger partial charge in [-0.1, -0.05) is 0 Å². The molecule has 0 aliphatic carbocycles. The number of aliphatic hydroxyl groups is 1. The van der Waals surface area contributed by atoms with Crippen molar-refractivity contribution in [1.29, 1.82) is 5.41 Å². The Kier molecular flexibility index (Phi) is 4.61. The van der Waals surface area contributed by atoms with E-state index in [0.29, 0.717) is 0 Å². The molecule has 1 rings (SSSR count). The molecule has 0 unspecified atom stereocenters. The Labute approximate surface area is 104 Å². The molecular formula is C11H14N2O5. The van der Waals surface area contributed by atoms with E-state index in [1.165, 1.54) is 19.2 Å². The number of aliphatic hydroxyl groups excluding tert-OH is 1. The number of hydrogen-bond acceptors (Lipinski definition) is 6. The first-order valence-corrected chi connectivity index (χ1v) is 5.22. The van der Waals surface area contributed by atoms with Crippen molar-refractivity contribution in [3.8, 4) is 5.75 Å². The summed E-state index contributed by atoms with van der Waals surface area (Å²) < 4.78 is 9.86. The molecule has 98 valence electrons. The first-order valence-electron chi connectivity index (χ1n) is 5.22. The Morgan fingerprint density at radius 1 is 1.61 bits per heavy atom. The van der Waals surface area contributed by atoms with Gasteiger partial charge in [-0.2, -0.15) is 0 Å². The standard InChI is InChI=1S/C11H14N2O5/c1-3-18-11(12)10(14)8-6-7(13(15)16)4-5-9(8)17-2/h4-6,10,12,14H,3H2,1-2H3/t10-/m1/s1. The van der Waals surface area contributed by atoms with Crippen molar-refractivity contribution < 1.29 is 19.5 Å². The smallest absolute Gasteiger partial charge is 0.270 e. The Bertz CT molecular complexity index is 461. The molecule has 0 radical (unpaired) electrons. The van der Waals surface area contributed by atoms with Crippen molar-refractivity contribution >= 4 is 11.6 Å². The van der Waals surface area contributed by atoms with Crippen molar-refractivity contribution in [2.45, 2.75) is 13.0 Å². The largest absolute Gasteiger partial charge is 0.496 e. The fourth-order valence-corrected chi connectivity index (χ4v) is 1.42. The van der Waals surface area contributed by atoms with Gasteiger partial charge in [0.05, 0.1) is 18.6 Å². The molecule has 0 saturated heterocycles. The lowest BCUT2D eigenvalue weighted by Crippen LogP contribution is -2.15. The van der Waals surface area contributed by atoms with Gasteiger partial charge in [-0.05, 0) is 13.0 Å². The van der Waals surface area contributed by atoms with Gasteiger partial charge in [-0.25, -0.2) is 0 Å². The monoisotopic (exact) mass is 254 g/mol. The number of non-ortho nitro benzene ring substituents is 1. The van der Waals surface area contributed by atoms with Gasteiger partial charge in [0.1, 0.15) is 5.75 Å². The van der Waals surface area contributed by atoms with E-state index in [4.69, 9.17) is 14.9 Å². The number of benzene rings is 1. The number of nitro groups is 1. The number of ether oxygens (including phenoxy) is 2. The topological polar surface area (TPSA) is 106 Å². The summed E-state index contributed by atoms with van der Waals surface area (Å²) in [5.41, 5.74) is -0.0562. The van der Waals surface area contributed by atoms with Gasteiger partial charge in [0.15, 0.2) is 6.10 Å². The second kappa shape index (κ2) is 5.97. The molecule has 0 aliphatic heterocycles. The van der Waals surface area contributed by atoms with E-state index in [1.54, 1.807) is 6.92 Å². The Morgan fingerprint density at radius 2 is 2.28 bits per heavy atom. The van der Waals surface area contributed by atoms with Crippen LogP contribution in [0.1, 0.15) is 18.6 Å². The molecule has 7 nitrogen and oxygen atoms in total. The molecule has 0 fully saturated rings. The van der Waals surface area contributed by atoms with Crippen LogP contribution >= 0.6 is 0 Å². The predicted octanol–water partition coefficient (Wildman–Crippen LogP) is 1.65. The Balaban J connectivity index is 3.15. The zero-order valence-corrected chi connectivity index (χ0v) is 10.0. The van der Waals surface area contributed by atoms with E-state index < -0.39 is 11.0 Å². The van der Waals surface area contributed by atoms with Gasteiger partial charge in [-0.3, -0.25) is 15.5 Å². The quantitative estimate of drug-likeness (QED) is 0.359. The van der Waals surface area contributed by atoms with Crippen LogP contribution in [0.5, 0.6) is 5.75 Å². The molecule has 18 heavy (non-hydrogen) atoms. The van der Waals surface area contributed by atoms with Crippen molar-refractivity contribution in [1.82, 2.24) is 0 Å². The number of rotatable bonds is 5. The van der Waals surface area contributed by atoms with E-state index in [1.807, 2.05) is 0 Å². The van der Waals surface area contributed by atoms with Gasteiger partial charge in [-0.15, -0.1) is 0 Å². The van der Waals surface area contributed by atoms with Gasteiger partial charge < -0.3 is 14.6 Å². The normalized spacial score (nSPS) is 11.7. The molecule has 1 aromatic carbocycles. The summed E-state index contributed by atoms with van der Waals surface area (Å²) in [6.07, 6.45) is -1.39. The SMILES string of the molecule is CCOC(=N)[C@H](O)c1cc([N+](=O)[O-])ccc1OC. The minimum absolute atomic E-state index is 0.130. The van der Waals surface area contributed by atoms with Gasteiger partial charge in [0.25, 0.3) is 5.69 Å². The van der Waals surface area contributed by atoms with Crippen LogP contribution < -0.4 is 4.74 Å². The van der Waals surface area contributed by atoms with Crippen molar-refractivity contribution in [3.63, 3.8) is 0 Å². The van der Waals surface area contributed by atoms with Crippen molar-refractivity contribution in [2.24, 2.45) is 0 Å². The highest BCUT2D eigenvalue weighted by Crippen LogP contribution is 2.30. The molecular weight excluding hydrogens is 240 g/mol. The summed E-state index contributed by atoms with van der Waals surface area (Å²) in [7, 11) is 1.38. The highest BCUT2D eigenvalue weighted by Gasteiger charge is 2.22. The molecule has 0 bridgehead atoms. The lowest BCUT2D eigenvalue weighted by molar-refractivity contribution is -0.385. The summed E-state index contributed by atoms with van der Waals surface area (Å²) in [6, 6.07) is 3.80. The minimum atomic E-state index is -1.39. The predicted molar refractivity (Wildman–Crippen MR) is 64.0 cm³/mol. The van der Waals surface area contributed by atoms with Crippen LogP contribution in [0, 0.1) is 15.5 Å². The third-order valence-electron chi connectivity index (χ3n) is 2.27. The molecule has 1 aromatic rings. The van der Waals surface area contributed by atoms with Crippen LogP contribution in [-0.2, 0) is 4.74 Å². The van der Waals surface area contributed by atoms with Gasteiger partial charge >= 0.3 is 0 Å². The molecule has 0 aliphatic rings. The summed E-state index contributed by atoms with van der Waals surface area (Å²) in [4.78, 5) is 10.1. The second-order valence-corrected chi connectivity index (χ2v) is 3.38. The molecule has 0 spiro atoms. The van der Waals surface area contributed by atoms with E-state index in [9.17, 15) is 15.2 Å². The molecule has 2 N–H and O–H groups in total. The van der Waals surface area contributed by atoms with Crippen LogP contribution in [0.2, 0.25) is 0 Å². The summed E-state index contributed by atoms with van der Waals surface area (Å²) >= 11 is 0. The van der Waals surface area contributed by atoms with Crippen LogP contribution in [0.4, 0.5) is 5.69 Å².